The zero-order chi connectivity index (χ0) is 21.7. The minimum atomic E-state index is 0. The fourth-order valence-electron chi connectivity index (χ4n) is 3.94. The molecule has 0 aliphatic carbocycles. The van der Waals surface area contributed by atoms with Crippen LogP contribution in [-0.2, 0) is 14.3 Å². The van der Waals surface area contributed by atoms with Gasteiger partial charge in [0.1, 0.15) is 5.78 Å². The van der Waals surface area contributed by atoms with Crippen LogP contribution in [0, 0.1) is 0 Å². The van der Waals surface area contributed by atoms with Crippen LogP contribution in [0.4, 0.5) is 0 Å². The molecule has 2 aliphatic rings. The summed E-state index contributed by atoms with van der Waals surface area (Å²) < 4.78 is 5.29. The minimum Gasteiger partial charge on any atom is -0.379 e. The van der Waals surface area contributed by atoms with E-state index in [1.165, 1.54) is 19.4 Å². The molecule has 2 rings (SSSR count). The SMILES string of the molecule is C.CC(=O)C=C(C)C.CC1(C)CC(=O)CC2CCCN21.CCOC(C)CCCN. The molecule has 172 valence electrons. The second kappa shape index (κ2) is 15.8. The molecule has 2 heterocycles. The molecule has 2 aliphatic heterocycles. The summed E-state index contributed by atoms with van der Waals surface area (Å²) in [6, 6.07) is 0.571. The van der Waals surface area contributed by atoms with Crippen LogP contribution in [0.15, 0.2) is 11.6 Å². The van der Waals surface area contributed by atoms with Crippen LogP contribution in [0.2, 0.25) is 0 Å². The number of carbonyl (C=O) groups is 2. The highest BCUT2D eigenvalue weighted by Crippen LogP contribution is 2.35. The van der Waals surface area contributed by atoms with Crippen LogP contribution in [0.3, 0.4) is 0 Å². The highest BCUT2D eigenvalue weighted by Gasteiger charge is 2.42. The lowest BCUT2D eigenvalue weighted by molar-refractivity contribution is -0.127. The van der Waals surface area contributed by atoms with Gasteiger partial charge in [-0.1, -0.05) is 13.0 Å². The smallest absolute Gasteiger partial charge is 0.152 e. The Morgan fingerprint density at radius 2 is 1.97 bits per heavy atom. The fraction of sp³-hybridized carbons (Fsp3) is 0.833. The third kappa shape index (κ3) is 13.7. The van der Waals surface area contributed by atoms with Gasteiger partial charge in [0.2, 0.25) is 0 Å². The molecule has 0 bridgehead atoms. The normalized spacial score (nSPS) is 20.7. The average Bonchev–Trinajstić information content (AvgIpc) is 3.01. The summed E-state index contributed by atoms with van der Waals surface area (Å²) in [5.74, 6) is 0.586. The number of ether oxygens (including phenoxy) is 1. The van der Waals surface area contributed by atoms with Gasteiger partial charge >= 0.3 is 0 Å². The number of rotatable bonds is 6. The molecule has 0 aromatic rings. The van der Waals surface area contributed by atoms with Crippen molar-refractivity contribution < 1.29 is 14.3 Å². The summed E-state index contributed by atoms with van der Waals surface area (Å²) in [5, 5.41) is 0. The van der Waals surface area contributed by atoms with Crippen LogP contribution >= 0.6 is 0 Å². The Bertz CT molecular complexity index is 496. The van der Waals surface area contributed by atoms with Crippen molar-refractivity contribution in [3.8, 4) is 0 Å². The standard InChI is InChI=1S/C10H17NO.C7H17NO.C6H10O.CH4/c1-10(2)7-9(12)6-8-4-3-5-11(8)10;1-3-9-7(2)5-4-6-8;1-5(2)4-6(3)7;/h8H,3-7H2,1-2H3;7H,3-6,8H2,1-2H3;4H,1-3H3;1H4. The van der Waals surface area contributed by atoms with Gasteiger partial charge in [0.05, 0.1) is 6.10 Å². The van der Waals surface area contributed by atoms with E-state index in [4.69, 9.17) is 10.5 Å². The summed E-state index contributed by atoms with van der Waals surface area (Å²) in [7, 11) is 0. The number of Topliss-reactive ketones (excluding diaryl/α,β-unsaturated/α-hetero) is 1. The summed E-state index contributed by atoms with van der Waals surface area (Å²) in [5.41, 5.74) is 6.52. The second-order valence-corrected chi connectivity index (χ2v) is 8.75. The van der Waals surface area contributed by atoms with Crippen LogP contribution in [-0.4, -0.2) is 53.8 Å². The topological polar surface area (TPSA) is 72.6 Å². The van der Waals surface area contributed by atoms with Crippen LogP contribution in [0.1, 0.15) is 94.4 Å². The Hall–Kier alpha value is -1.04. The maximum absolute atomic E-state index is 11.4. The van der Waals surface area contributed by atoms with Gasteiger partial charge < -0.3 is 10.5 Å². The van der Waals surface area contributed by atoms with E-state index in [0.717, 1.165) is 44.4 Å². The predicted octanol–water partition coefficient (Wildman–Crippen LogP) is 4.92. The predicted molar refractivity (Wildman–Crippen MR) is 124 cm³/mol. The van der Waals surface area contributed by atoms with Crippen LogP contribution in [0.5, 0.6) is 0 Å². The van der Waals surface area contributed by atoms with E-state index in [9.17, 15) is 9.59 Å². The van der Waals surface area contributed by atoms with Crippen molar-refractivity contribution in [2.24, 2.45) is 5.73 Å². The molecule has 2 N–H and O–H groups in total. The Morgan fingerprint density at radius 3 is 2.41 bits per heavy atom. The van der Waals surface area contributed by atoms with Crippen molar-refractivity contribution >= 4 is 11.6 Å². The van der Waals surface area contributed by atoms with E-state index >= 15 is 0 Å². The first-order valence-corrected chi connectivity index (χ1v) is 10.8. The maximum Gasteiger partial charge on any atom is 0.152 e. The molecule has 2 unspecified atom stereocenters. The number of allylic oxidation sites excluding steroid dienone is 2. The number of hydrogen-bond acceptors (Lipinski definition) is 5. The minimum absolute atomic E-state index is 0. The third-order valence-corrected chi connectivity index (χ3v) is 5.01. The number of hydrogen-bond donors (Lipinski definition) is 1. The molecule has 0 aromatic heterocycles. The zero-order valence-corrected chi connectivity index (χ0v) is 19.3. The van der Waals surface area contributed by atoms with E-state index < -0.39 is 0 Å². The molecule has 0 radical (unpaired) electrons. The van der Waals surface area contributed by atoms with Crippen LogP contribution in [0.25, 0.3) is 0 Å². The van der Waals surface area contributed by atoms with Gasteiger partial charge in [-0.3, -0.25) is 14.5 Å². The number of piperidine rings is 1. The molecule has 0 saturated carbocycles. The van der Waals surface area contributed by atoms with Gasteiger partial charge in [0, 0.05) is 31.0 Å². The third-order valence-electron chi connectivity index (χ3n) is 5.01. The lowest BCUT2D eigenvalue weighted by Crippen LogP contribution is -2.52. The summed E-state index contributed by atoms with van der Waals surface area (Å²) in [4.78, 5) is 24.1. The highest BCUT2D eigenvalue weighted by atomic mass is 16.5. The molecular weight excluding hydrogens is 364 g/mol. The molecule has 0 amide bonds. The van der Waals surface area contributed by atoms with Gasteiger partial charge in [-0.2, -0.15) is 0 Å². The quantitative estimate of drug-likeness (QED) is 0.627. The number of nitrogens with two attached hydrogens (primary N) is 1. The summed E-state index contributed by atoms with van der Waals surface area (Å²) in [6.45, 7) is 16.6. The average molecular weight is 413 g/mol. The van der Waals surface area contributed by atoms with Gasteiger partial charge in [-0.25, -0.2) is 0 Å². The zero-order valence-electron chi connectivity index (χ0n) is 19.3. The first-order valence-electron chi connectivity index (χ1n) is 10.8. The van der Waals surface area contributed by atoms with E-state index in [2.05, 4.69) is 25.7 Å². The molecule has 0 aromatic carbocycles. The fourth-order valence-corrected chi connectivity index (χ4v) is 3.94. The molecule has 5 heteroatoms. The Morgan fingerprint density at radius 1 is 1.34 bits per heavy atom. The summed E-state index contributed by atoms with van der Waals surface area (Å²) in [6.07, 6.45) is 8.23. The first kappa shape index (κ1) is 30.2. The first-order chi connectivity index (χ1) is 13.0. The van der Waals surface area contributed by atoms with Gasteiger partial charge in [0.25, 0.3) is 0 Å². The largest absolute Gasteiger partial charge is 0.379 e. The van der Waals surface area contributed by atoms with E-state index in [0.29, 0.717) is 17.9 Å². The number of nitrogens with zero attached hydrogens (tertiary/aromatic N) is 1. The van der Waals surface area contributed by atoms with Crippen molar-refractivity contribution in [3.63, 3.8) is 0 Å². The van der Waals surface area contributed by atoms with Crippen molar-refractivity contribution in [1.29, 1.82) is 0 Å². The Labute approximate surface area is 180 Å². The molecule has 2 fully saturated rings. The molecule has 2 atom stereocenters. The molecule has 5 nitrogen and oxygen atoms in total. The van der Waals surface area contributed by atoms with Crippen molar-refractivity contribution in [3.05, 3.63) is 11.6 Å². The van der Waals surface area contributed by atoms with Gasteiger partial charge in [0.15, 0.2) is 5.78 Å². The molecule has 2 saturated heterocycles. The monoisotopic (exact) mass is 412 g/mol. The number of carbonyl (C=O) groups excluding carboxylic acids is 2. The lowest BCUT2D eigenvalue weighted by Gasteiger charge is -2.43. The Kier molecular flexibility index (Phi) is 16.4. The van der Waals surface area contributed by atoms with E-state index in [1.807, 2.05) is 20.8 Å². The van der Waals surface area contributed by atoms with E-state index in [-0.39, 0.29) is 18.7 Å². The number of fused-ring (bicyclic) bond motifs is 1. The lowest BCUT2D eigenvalue weighted by atomic mass is 9.86. The second-order valence-electron chi connectivity index (χ2n) is 8.75. The summed E-state index contributed by atoms with van der Waals surface area (Å²) >= 11 is 0. The highest BCUT2D eigenvalue weighted by molar-refractivity contribution is 5.87. The van der Waals surface area contributed by atoms with Crippen molar-refractivity contribution in [2.45, 2.75) is 112 Å². The molecule has 29 heavy (non-hydrogen) atoms. The Balaban J connectivity index is 0. The van der Waals surface area contributed by atoms with Crippen molar-refractivity contribution in [1.82, 2.24) is 4.90 Å². The van der Waals surface area contributed by atoms with Crippen LogP contribution < -0.4 is 5.73 Å². The maximum atomic E-state index is 11.4. The number of ketones is 2. The molecular formula is C24H48N2O3. The van der Waals surface area contributed by atoms with E-state index in [1.54, 1.807) is 13.0 Å². The molecule has 0 spiro atoms. The van der Waals surface area contributed by atoms with Gasteiger partial charge in [-0.15, -0.1) is 0 Å². The van der Waals surface area contributed by atoms with Gasteiger partial charge in [-0.05, 0) is 93.3 Å². The van der Waals surface area contributed by atoms with Crippen molar-refractivity contribution in [2.75, 3.05) is 19.7 Å².